The van der Waals surface area contributed by atoms with E-state index < -0.39 is 0 Å². The van der Waals surface area contributed by atoms with Crippen molar-refractivity contribution >= 4 is 5.91 Å². The number of hydrogen-bond donors (Lipinski definition) is 1. The van der Waals surface area contributed by atoms with E-state index in [4.69, 9.17) is 5.21 Å². The Hall–Kier alpha value is -0.830. The minimum atomic E-state index is -0.336. The third-order valence-corrected chi connectivity index (χ3v) is 1.13. The van der Waals surface area contributed by atoms with Crippen LogP contribution in [-0.2, 0) is 4.79 Å². The van der Waals surface area contributed by atoms with Gasteiger partial charge in [0.15, 0.2) is 0 Å². The Morgan fingerprint density at radius 2 is 2.50 bits per heavy atom. The minimum Gasteiger partial charge on any atom is -0.285 e. The maximum absolute atomic E-state index is 10.4. The van der Waals surface area contributed by atoms with Crippen LogP contribution in [0.15, 0.2) is 12.2 Å². The van der Waals surface area contributed by atoms with Gasteiger partial charge in [-0.3, -0.25) is 10.0 Å². The zero-order valence-electron chi connectivity index (χ0n) is 4.53. The molecule has 1 atom stereocenters. The van der Waals surface area contributed by atoms with Crippen LogP contribution >= 0.6 is 0 Å². The van der Waals surface area contributed by atoms with Crippen LogP contribution in [0.25, 0.3) is 0 Å². The summed E-state index contributed by atoms with van der Waals surface area (Å²) < 4.78 is 0. The number of carbonyl (C=O) groups is 1. The highest BCUT2D eigenvalue weighted by atomic mass is 16.5. The second kappa shape index (κ2) is 1.59. The summed E-state index contributed by atoms with van der Waals surface area (Å²) in [5.41, 5.74) is 0. The van der Waals surface area contributed by atoms with Crippen molar-refractivity contribution in [3.8, 4) is 0 Å². The molecule has 0 saturated carbocycles. The van der Waals surface area contributed by atoms with E-state index in [0.29, 0.717) is 5.06 Å². The topological polar surface area (TPSA) is 40.5 Å². The van der Waals surface area contributed by atoms with E-state index in [-0.39, 0.29) is 11.9 Å². The second-order valence-corrected chi connectivity index (χ2v) is 1.78. The molecule has 3 heteroatoms. The Bertz CT molecular complexity index is 141. The van der Waals surface area contributed by atoms with Crippen molar-refractivity contribution in [2.45, 2.75) is 13.0 Å². The van der Waals surface area contributed by atoms with Crippen LogP contribution < -0.4 is 0 Å². The molecule has 3 nitrogen and oxygen atoms in total. The van der Waals surface area contributed by atoms with Crippen LogP contribution in [0.1, 0.15) is 6.92 Å². The van der Waals surface area contributed by atoms with Crippen molar-refractivity contribution in [1.82, 2.24) is 5.06 Å². The first-order valence-corrected chi connectivity index (χ1v) is 2.42. The maximum atomic E-state index is 10.4. The van der Waals surface area contributed by atoms with Crippen molar-refractivity contribution in [2.24, 2.45) is 0 Å². The molecule has 0 radical (unpaired) electrons. The number of rotatable bonds is 0. The first-order chi connectivity index (χ1) is 3.72. The van der Waals surface area contributed by atoms with Crippen LogP contribution in [-0.4, -0.2) is 22.2 Å². The van der Waals surface area contributed by atoms with E-state index in [0.717, 1.165) is 0 Å². The van der Waals surface area contributed by atoms with Crippen molar-refractivity contribution in [1.29, 1.82) is 0 Å². The lowest BCUT2D eigenvalue weighted by Gasteiger charge is -2.10. The highest BCUT2D eigenvalue weighted by molar-refractivity contribution is 5.89. The lowest BCUT2D eigenvalue weighted by molar-refractivity contribution is -0.161. The van der Waals surface area contributed by atoms with Gasteiger partial charge in [-0.25, -0.2) is 5.06 Å². The summed E-state index contributed by atoms with van der Waals surface area (Å²) >= 11 is 0. The van der Waals surface area contributed by atoms with Gasteiger partial charge < -0.3 is 0 Å². The van der Waals surface area contributed by atoms with Gasteiger partial charge >= 0.3 is 0 Å². The summed E-state index contributed by atoms with van der Waals surface area (Å²) in [6.45, 7) is 1.74. The zero-order chi connectivity index (χ0) is 6.15. The quantitative estimate of drug-likeness (QED) is 0.455. The molecule has 1 rings (SSSR count). The van der Waals surface area contributed by atoms with Crippen LogP contribution in [0.3, 0.4) is 0 Å². The van der Waals surface area contributed by atoms with Gasteiger partial charge in [0, 0.05) is 6.08 Å². The van der Waals surface area contributed by atoms with Crippen molar-refractivity contribution < 1.29 is 10.0 Å². The third-order valence-electron chi connectivity index (χ3n) is 1.13. The fourth-order valence-electron chi connectivity index (χ4n) is 0.580. The molecule has 8 heavy (non-hydrogen) atoms. The highest BCUT2D eigenvalue weighted by Crippen LogP contribution is 2.05. The molecular formula is C5H7NO2. The van der Waals surface area contributed by atoms with Gasteiger partial charge in [-0.05, 0) is 6.92 Å². The highest BCUT2D eigenvalue weighted by Gasteiger charge is 2.18. The SMILES string of the molecule is CC1C=CC(=O)N1O. The molecule has 0 aromatic carbocycles. The van der Waals surface area contributed by atoms with E-state index in [2.05, 4.69) is 0 Å². The molecule has 0 saturated heterocycles. The summed E-state index contributed by atoms with van der Waals surface area (Å²) in [4.78, 5) is 10.4. The fraction of sp³-hybridized carbons (Fsp3) is 0.400. The maximum Gasteiger partial charge on any atom is 0.270 e. The zero-order valence-corrected chi connectivity index (χ0v) is 4.53. The van der Waals surface area contributed by atoms with Gasteiger partial charge in [0.25, 0.3) is 5.91 Å². The summed E-state index contributed by atoms with van der Waals surface area (Å²) in [5, 5.41) is 9.38. The standard InChI is InChI=1S/C5H7NO2/c1-4-2-3-5(7)6(4)8/h2-4,8H,1H3. The van der Waals surface area contributed by atoms with Gasteiger partial charge in [-0.2, -0.15) is 0 Å². The molecular weight excluding hydrogens is 106 g/mol. The molecule has 1 aliphatic rings. The predicted molar refractivity (Wildman–Crippen MR) is 27.2 cm³/mol. The van der Waals surface area contributed by atoms with Crippen LogP contribution in [0.2, 0.25) is 0 Å². The summed E-state index contributed by atoms with van der Waals surface area (Å²) in [6, 6.07) is -0.150. The number of amides is 1. The third kappa shape index (κ3) is 0.607. The molecule has 0 fully saturated rings. The smallest absolute Gasteiger partial charge is 0.270 e. The molecule has 0 spiro atoms. The lowest BCUT2D eigenvalue weighted by atomic mass is 10.4. The van der Waals surface area contributed by atoms with Crippen LogP contribution in [0.4, 0.5) is 0 Å². The van der Waals surface area contributed by atoms with E-state index in [1.807, 2.05) is 0 Å². The molecule has 0 aromatic rings. The first kappa shape index (κ1) is 5.31. The molecule has 1 aliphatic heterocycles. The number of nitrogens with zero attached hydrogens (tertiary/aromatic N) is 1. The van der Waals surface area contributed by atoms with Crippen molar-refractivity contribution in [3.63, 3.8) is 0 Å². The normalized spacial score (nSPS) is 27.5. The monoisotopic (exact) mass is 113 g/mol. The Morgan fingerprint density at radius 3 is 2.62 bits per heavy atom. The van der Waals surface area contributed by atoms with Crippen LogP contribution in [0, 0.1) is 0 Å². The number of hydrogen-bond acceptors (Lipinski definition) is 2. The van der Waals surface area contributed by atoms with Crippen molar-refractivity contribution in [2.75, 3.05) is 0 Å². The summed E-state index contributed by atoms with van der Waals surface area (Å²) in [6.07, 6.45) is 2.99. The predicted octanol–water partition coefficient (Wildman–Crippen LogP) is 0.163. The van der Waals surface area contributed by atoms with Gasteiger partial charge in [0.1, 0.15) is 0 Å². The molecule has 44 valence electrons. The largest absolute Gasteiger partial charge is 0.285 e. The van der Waals surface area contributed by atoms with Gasteiger partial charge in [0.2, 0.25) is 0 Å². The summed E-state index contributed by atoms with van der Waals surface area (Å²) in [7, 11) is 0. The van der Waals surface area contributed by atoms with Gasteiger partial charge in [0.05, 0.1) is 6.04 Å². The Morgan fingerprint density at radius 1 is 1.88 bits per heavy atom. The number of carbonyl (C=O) groups excluding carboxylic acids is 1. The average molecular weight is 113 g/mol. The van der Waals surface area contributed by atoms with Gasteiger partial charge in [-0.15, -0.1) is 0 Å². The lowest BCUT2D eigenvalue weighted by Crippen LogP contribution is -2.27. The molecule has 0 bridgehead atoms. The van der Waals surface area contributed by atoms with E-state index in [1.54, 1.807) is 13.0 Å². The number of hydroxylamine groups is 2. The Kier molecular flexibility index (Phi) is 1.06. The average Bonchev–Trinajstić information content (AvgIpc) is 1.98. The molecule has 0 aromatic heterocycles. The van der Waals surface area contributed by atoms with Crippen molar-refractivity contribution in [3.05, 3.63) is 12.2 Å². The molecule has 1 amide bonds. The Labute approximate surface area is 47.2 Å². The molecule has 1 heterocycles. The minimum absolute atomic E-state index is 0.150. The van der Waals surface area contributed by atoms with E-state index >= 15 is 0 Å². The van der Waals surface area contributed by atoms with E-state index in [1.165, 1.54) is 6.08 Å². The molecule has 0 aliphatic carbocycles. The summed E-state index contributed by atoms with van der Waals surface area (Å²) in [5.74, 6) is -0.336. The van der Waals surface area contributed by atoms with Gasteiger partial charge in [-0.1, -0.05) is 6.08 Å². The molecule has 1 unspecified atom stereocenters. The second-order valence-electron chi connectivity index (χ2n) is 1.78. The fourth-order valence-corrected chi connectivity index (χ4v) is 0.580. The Balaban J connectivity index is 2.69. The van der Waals surface area contributed by atoms with E-state index in [9.17, 15) is 4.79 Å². The van der Waals surface area contributed by atoms with Crippen LogP contribution in [0.5, 0.6) is 0 Å². The first-order valence-electron chi connectivity index (χ1n) is 2.42. The molecule has 1 N–H and O–H groups in total.